The molecular weight excluding hydrogens is 423 g/mol. The van der Waals surface area contributed by atoms with Crippen LogP contribution in [-0.2, 0) is 22.4 Å². The van der Waals surface area contributed by atoms with E-state index in [9.17, 15) is 19.2 Å². The molecule has 0 atom stereocenters. The van der Waals surface area contributed by atoms with E-state index in [4.69, 9.17) is 21.4 Å². The van der Waals surface area contributed by atoms with Crippen LogP contribution in [0, 0.1) is 22.6 Å². The summed E-state index contributed by atoms with van der Waals surface area (Å²) in [6.07, 6.45) is 1.39. The minimum absolute atomic E-state index is 0.0349. The SMILES string of the molecule is N#CC1(Cc2ccc(F)cc2)CCN(CC(=O)Oc2ccc(Cl)cc2CC(=O)O)CC1. The Labute approximate surface area is 184 Å². The lowest BCUT2D eigenvalue weighted by Gasteiger charge is -2.37. The molecule has 3 rings (SSSR count). The lowest BCUT2D eigenvalue weighted by atomic mass is 9.75. The molecule has 1 aliphatic rings. The fourth-order valence-corrected chi connectivity index (χ4v) is 3.94. The monoisotopic (exact) mass is 444 g/mol. The number of nitriles is 1. The molecule has 0 spiro atoms. The van der Waals surface area contributed by atoms with Gasteiger partial charge in [0.2, 0.25) is 0 Å². The number of nitrogens with zero attached hydrogens (tertiary/aromatic N) is 2. The zero-order valence-corrected chi connectivity index (χ0v) is 17.6. The molecule has 6 nitrogen and oxygen atoms in total. The van der Waals surface area contributed by atoms with Crippen molar-refractivity contribution >= 4 is 23.5 Å². The van der Waals surface area contributed by atoms with E-state index in [0.29, 0.717) is 42.9 Å². The first-order valence-electron chi connectivity index (χ1n) is 9.87. The summed E-state index contributed by atoms with van der Waals surface area (Å²) in [5.41, 5.74) is 0.683. The summed E-state index contributed by atoms with van der Waals surface area (Å²) >= 11 is 5.91. The van der Waals surface area contributed by atoms with Crippen LogP contribution < -0.4 is 4.74 Å². The lowest BCUT2D eigenvalue weighted by molar-refractivity contribution is -0.138. The maximum Gasteiger partial charge on any atom is 0.325 e. The van der Waals surface area contributed by atoms with E-state index in [1.54, 1.807) is 12.1 Å². The molecule has 0 amide bonds. The predicted octanol–water partition coefficient (Wildman–Crippen LogP) is 3.86. The predicted molar refractivity (Wildman–Crippen MR) is 112 cm³/mol. The number of carbonyl (C=O) groups excluding carboxylic acids is 1. The van der Waals surface area contributed by atoms with Crippen molar-refractivity contribution < 1.29 is 23.8 Å². The van der Waals surface area contributed by atoms with Crippen LogP contribution in [0.5, 0.6) is 5.75 Å². The van der Waals surface area contributed by atoms with Gasteiger partial charge in [0.15, 0.2) is 0 Å². The quantitative estimate of drug-likeness (QED) is 0.515. The Morgan fingerprint density at radius 1 is 1.19 bits per heavy atom. The van der Waals surface area contributed by atoms with Crippen molar-refractivity contribution in [1.29, 1.82) is 5.26 Å². The number of hydrogen-bond donors (Lipinski definition) is 1. The number of ether oxygens (including phenoxy) is 1. The maximum atomic E-state index is 13.1. The molecule has 31 heavy (non-hydrogen) atoms. The van der Waals surface area contributed by atoms with Crippen LogP contribution >= 0.6 is 11.6 Å². The molecule has 0 aliphatic carbocycles. The second-order valence-corrected chi connectivity index (χ2v) is 8.20. The van der Waals surface area contributed by atoms with Crippen LogP contribution in [0.3, 0.4) is 0 Å². The molecular formula is C23H22ClFN2O4. The van der Waals surface area contributed by atoms with Crippen molar-refractivity contribution in [3.05, 3.63) is 64.4 Å². The van der Waals surface area contributed by atoms with Crippen molar-refractivity contribution in [2.45, 2.75) is 25.7 Å². The second kappa shape index (κ2) is 9.90. The number of rotatable bonds is 7. The summed E-state index contributed by atoms with van der Waals surface area (Å²) in [4.78, 5) is 25.4. The first-order valence-corrected chi connectivity index (χ1v) is 10.3. The number of aliphatic carboxylic acids is 1. The van der Waals surface area contributed by atoms with E-state index in [-0.39, 0.29) is 24.5 Å². The number of carbonyl (C=O) groups is 2. The third-order valence-electron chi connectivity index (χ3n) is 5.45. The molecule has 1 N–H and O–H groups in total. The highest BCUT2D eigenvalue weighted by Gasteiger charge is 2.35. The van der Waals surface area contributed by atoms with E-state index in [1.807, 2.05) is 4.90 Å². The van der Waals surface area contributed by atoms with Crippen molar-refractivity contribution in [3.63, 3.8) is 0 Å². The number of hydrogen-bond acceptors (Lipinski definition) is 5. The summed E-state index contributed by atoms with van der Waals surface area (Å²) in [5.74, 6) is -1.69. The topological polar surface area (TPSA) is 90.6 Å². The highest BCUT2D eigenvalue weighted by Crippen LogP contribution is 2.34. The van der Waals surface area contributed by atoms with Crippen molar-refractivity contribution in [1.82, 2.24) is 4.90 Å². The number of esters is 1. The largest absolute Gasteiger partial charge is 0.481 e. The van der Waals surface area contributed by atoms with Gasteiger partial charge in [-0.05, 0) is 55.2 Å². The minimum atomic E-state index is -1.05. The van der Waals surface area contributed by atoms with E-state index in [1.165, 1.54) is 30.3 Å². The molecule has 1 heterocycles. The highest BCUT2D eigenvalue weighted by atomic mass is 35.5. The third-order valence-corrected chi connectivity index (χ3v) is 5.68. The Kier molecular flexibility index (Phi) is 7.26. The second-order valence-electron chi connectivity index (χ2n) is 7.77. The number of carboxylic acids is 1. The molecule has 1 aliphatic heterocycles. The van der Waals surface area contributed by atoms with E-state index < -0.39 is 17.4 Å². The Hall–Kier alpha value is -2.95. The van der Waals surface area contributed by atoms with Gasteiger partial charge in [0.1, 0.15) is 11.6 Å². The number of piperidine rings is 1. The summed E-state index contributed by atoms with van der Waals surface area (Å²) in [7, 11) is 0. The smallest absolute Gasteiger partial charge is 0.325 e. The minimum Gasteiger partial charge on any atom is -0.481 e. The zero-order valence-electron chi connectivity index (χ0n) is 16.8. The van der Waals surface area contributed by atoms with Crippen molar-refractivity contribution in [3.8, 4) is 11.8 Å². The molecule has 2 aromatic rings. The van der Waals surface area contributed by atoms with Gasteiger partial charge in [0.05, 0.1) is 24.4 Å². The average molecular weight is 445 g/mol. The van der Waals surface area contributed by atoms with Gasteiger partial charge in [0, 0.05) is 23.7 Å². The molecule has 0 radical (unpaired) electrons. The number of carboxylic acid groups (broad SMARTS) is 1. The van der Waals surface area contributed by atoms with Crippen LogP contribution in [0.25, 0.3) is 0 Å². The normalized spacial score (nSPS) is 15.8. The van der Waals surface area contributed by atoms with E-state index in [0.717, 1.165) is 5.56 Å². The highest BCUT2D eigenvalue weighted by molar-refractivity contribution is 6.30. The van der Waals surface area contributed by atoms with Crippen LogP contribution in [0.1, 0.15) is 24.0 Å². The molecule has 1 saturated heterocycles. The fourth-order valence-electron chi connectivity index (χ4n) is 3.75. The van der Waals surface area contributed by atoms with E-state index >= 15 is 0 Å². The zero-order chi connectivity index (χ0) is 22.4. The van der Waals surface area contributed by atoms with Crippen LogP contribution in [-0.4, -0.2) is 41.6 Å². The average Bonchev–Trinajstić information content (AvgIpc) is 2.73. The van der Waals surface area contributed by atoms with Crippen LogP contribution in [0.15, 0.2) is 42.5 Å². The summed E-state index contributed by atoms with van der Waals surface area (Å²) < 4.78 is 18.5. The Balaban J connectivity index is 1.57. The van der Waals surface area contributed by atoms with Gasteiger partial charge in [-0.2, -0.15) is 5.26 Å². The molecule has 8 heteroatoms. The molecule has 2 aromatic carbocycles. The lowest BCUT2D eigenvalue weighted by Crippen LogP contribution is -2.43. The van der Waals surface area contributed by atoms with Gasteiger partial charge < -0.3 is 9.84 Å². The fraction of sp³-hybridized carbons (Fsp3) is 0.348. The molecule has 0 unspecified atom stereocenters. The van der Waals surface area contributed by atoms with Crippen LogP contribution in [0.4, 0.5) is 4.39 Å². The summed E-state index contributed by atoms with van der Waals surface area (Å²) in [6.45, 7) is 1.13. The standard InChI is InChI=1S/C23H22ClFN2O4/c24-18-3-6-20(17(11-18)12-21(28)29)31-22(30)14-27-9-7-23(15-26,8-10-27)13-16-1-4-19(25)5-2-16/h1-6,11H,7-10,12-14H2,(H,28,29). The van der Waals surface area contributed by atoms with Crippen LogP contribution in [0.2, 0.25) is 5.02 Å². The van der Waals surface area contributed by atoms with Gasteiger partial charge >= 0.3 is 11.9 Å². The number of halogens is 2. The first-order chi connectivity index (χ1) is 14.8. The molecule has 0 saturated carbocycles. The van der Waals surface area contributed by atoms with Gasteiger partial charge in [-0.25, -0.2) is 4.39 Å². The Morgan fingerprint density at radius 2 is 1.87 bits per heavy atom. The number of likely N-dealkylation sites (tertiary alicyclic amines) is 1. The summed E-state index contributed by atoms with van der Waals surface area (Å²) in [5, 5.41) is 19.1. The molecule has 162 valence electrons. The Bertz CT molecular complexity index is 996. The van der Waals surface area contributed by atoms with Gasteiger partial charge in [-0.15, -0.1) is 0 Å². The Morgan fingerprint density at radius 3 is 2.48 bits per heavy atom. The molecule has 0 aromatic heterocycles. The van der Waals surface area contributed by atoms with Gasteiger partial charge in [0.25, 0.3) is 0 Å². The van der Waals surface area contributed by atoms with Crippen molar-refractivity contribution in [2.75, 3.05) is 19.6 Å². The number of benzene rings is 2. The van der Waals surface area contributed by atoms with Gasteiger partial charge in [-0.1, -0.05) is 23.7 Å². The molecule has 0 bridgehead atoms. The summed E-state index contributed by atoms with van der Waals surface area (Å²) in [6, 6.07) is 13.1. The van der Waals surface area contributed by atoms with E-state index in [2.05, 4.69) is 6.07 Å². The molecule has 1 fully saturated rings. The van der Waals surface area contributed by atoms with Crippen molar-refractivity contribution in [2.24, 2.45) is 5.41 Å². The first kappa shape index (κ1) is 22.7. The van der Waals surface area contributed by atoms with Gasteiger partial charge in [-0.3, -0.25) is 14.5 Å². The maximum absolute atomic E-state index is 13.1. The third kappa shape index (κ3) is 6.27.